The molecule has 3 rings (SSSR count). The number of aryl methyl sites for hydroxylation is 1. The van der Waals surface area contributed by atoms with Crippen molar-refractivity contribution in [2.45, 2.75) is 40.0 Å². The Kier molecular flexibility index (Phi) is 7.67. The van der Waals surface area contributed by atoms with Gasteiger partial charge in [0.05, 0.1) is 13.1 Å². The molecule has 2 amide bonds. The molecule has 0 unspecified atom stereocenters. The number of benzene rings is 1. The average Bonchev–Trinajstić information content (AvgIpc) is 3.51. The molecule has 0 spiro atoms. The number of nitrogens with zero attached hydrogens (tertiary/aromatic N) is 3. The SMILES string of the molecule is CCCN(CC1CC1)C(=O)CN1CCN(CC(=O)Nc2cccc(C)c2C)CC1. The Bertz CT molecular complexity index is 709. The summed E-state index contributed by atoms with van der Waals surface area (Å²) >= 11 is 0. The van der Waals surface area contributed by atoms with Crippen LogP contribution in [0.4, 0.5) is 5.69 Å². The van der Waals surface area contributed by atoms with Crippen molar-refractivity contribution in [2.75, 3.05) is 57.7 Å². The van der Waals surface area contributed by atoms with Crippen LogP contribution in [-0.2, 0) is 9.59 Å². The number of carbonyl (C=O) groups is 2. The van der Waals surface area contributed by atoms with Gasteiger partial charge in [-0.05, 0) is 56.2 Å². The van der Waals surface area contributed by atoms with Crippen molar-refractivity contribution < 1.29 is 9.59 Å². The molecule has 0 bridgehead atoms. The first-order valence-electron chi connectivity index (χ1n) is 11.0. The predicted octanol–water partition coefficient (Wildman–Crippen LogP) is 2.51. The first-order chi connectivity index (χ1) is 14.0. The molecule has 1 N–H and O–H groups in total. The van der Waals surface area contributed by atoms with Gasteiger partial charge in [0.2, 0.25) is 11.8 Å². The molecular weight excluding hydrogens is 364 g/mol. The van der Waals surface area contributed by atoms with Crippen LogP contribution in [-0.4, -0.2) is 78.9 Å². The Labute approximate surface area is 175 Å². The van der Waals surface area contributed by atoms with E-state index in [1.54, 1.807) is 0 Å². The number of amides is 2. The van der Waals surface area contributed by atoms with Gasteiger partial charge in [-0.25, -0.2) is 0 Å². The highest BCUT2D eigenvalue weighted by atomic mass is 16.2. The molecule has 1 saturated heterocycles. The number of anilines is 1. The maximum absolute atomic E-state index is 12.7. The number of carbonyl (C=O) groups excluding carboxylic acids is 2. The van der Waals surface area contributed by atoms with E-state index < -0.39 is 0 Å². The molecule has 0 radical (unpaired) electrons. The van der Waals surface area contributed by atoms with Gasteiger partial charge in [-0.2, -0.15) is 0 Å². The van der Waals surface area contributed by atoms with Crippen LogP contribution in [0.15, 0.2) is 18.2 Å². The molecule has 1 saturated carbocycles. The van der Waals surface area contributed by atoms with Crippen LogP contribution in [0.25, 0.3) is 0 Å². The van der Waals surface area contributed by atoms with Gasteiger partial charge in [0, 0.05) is 45.0 Å². The van der Waals surface area contributed by atoms with Gasteiger partial charge < -0.3 is 10.2 Å². The minimum atomic E-state index is 0.0294. The number of rotatable bonds is 9. The highest BCUT2D eigenvalue weighted by Gasteiger charge is 2.28. The zero-order chi connectivity index (χ0) is 20.8. The second kappa shape index (κ2) is 10.2. The van der Waals surface area contributed by atoms with E-state index >= 15 is 0 Å². The number of piperazine rings is 1. The molecule has 1 aliphatic carbocycles. The van der Waals surface area contributed by atoms with Crippen molar-refractivity contribution in [1.29, 1.82) is 0 Å². The summed E-state index contributed by atoms with van der Waals surface area (Å²) in [5.41, 5.74) is 3.19. The fourth-order valence-electron chi connectivity index (χ4n) is 3.88. The van der Waals surface area contributed by atoms with Crippen molar-refractivity contribution >= 4 is 17.5 Å². The molecule has 0 atom stereocenters. The summed E-state index contributed by atoms with van der Waals surface area (Å²) in [6.45, 7) is 12.3. The zero-order valence-corrected chi connectivity index (χ0v) is 18.2. The van der Waals surface area contributed by atoms with Crippen molar-refractivity contribution in [3.05, 3.63) is 29.3 Å². The molecule has 1 aromatic rings. The van der Waals surface area contributed by atoms with Gasteiger partial charge in [0.25, 0.3) is 0 Å². The molecule has 1 aromatic carbocycles. The van der Waals surface area contributed by atoms with E-state index in [2.05, 4.69) is 39.9 Å². The maximum Gasteiger partial charge on any atom is 0.238 e. The molecule has 29 heavy (non-hydrogen) atoms. The fourth-order valence-corrected chi connectivity index (χ4v) is 3.88. The summed E-state index contributed by atoms with van der Waals surface area (Å²) < 4.78 is 0. The Balaban J connectivity index is 1.41. The standard InChI is InChI=1S/C23H36N4O2/c1-4-10-27(15-20-8-9-20)23(29)17-26-13-11-25(12-14-26)16-22(28)24-21-7-5-6-18(2)19(21)3/h5-7,20H,4,8-17H2,1-3H3,(H,24,28). The predicted molar refractivity (Wildman–Crippen MR) is 117 cm³/mol. The fraction of sp³-hybridized carbons (Fsp3) is 0.652. The number of nitrogens with one attached hydrogen (secondary N) is 1. The van der Waals surface area contributed by atoms with Crippen LogP contribution in [0.5, 0.6) is 0 Å². The first-order valence-corrected chi connectivity index (χ1v) is 11.0. The Morgan fingerprint density at radius 1 is 1.07 bits per heavy atom. The second-order valence-electron chi connectivity index (χ2n) is 8.63. The molecule has 1 heterocycles. The smallest absolute Gasteiger partial charge is 0.238 e. The minimum Gasteiger partial charge on any atom is -0.341 e. The monoisotopic (exact) mass is 400 g/mol. The lowest BCUT2D eigenvalue weighted by Gasteiger charge is -2.35. The van der Waals surface area contributed by atoms with Crippen molar-refractivity contribution in [3.63, 3.8) is 0 Å². The van der Waals surface area contributed by atoms with Gasteiger partial charge in [-0.15, -0.1) is 0 Å². The van der Waals surface area contributed by atoms with E-state index in [0.29, 0.717) is 13.1 Å². The van der Waals surface area contributed by atoms with Gasteiger partial charge >= 0.3 is 0 Å². The molecule has 6 heteroatoms. The number of hydrogen-bond acceptors (Lipinski definition) is 4. The molecule has 1 aliphatic heterocycles. The third-order valence-electron chi connectivity index (χ3n) is 6.09. The summed E-state index contributed by atoms with van der Waals surface area (Å²) in [6, 6.07) is 5.98. The van der Waals surface area contributed by atoms with Crippen LogP contribution in [0, 0.1) is 19.8 Å². The molecular formula is C23H36N4O2. The third-order valence-corrected chi connectivity index (χ3v) is 6.09. The average molecular weight is 401 g/mol. The Morgan fingerprint density at radius 2 is 1.72 bits per heavy atom. The van der Waals surface area contributed by atoms with E-state index in [4.69, 9.17) is 0 Å². The van der Waals surface area contributed by atoms with Gasteiger partial charge in [-0.3, -0.25) is 19.4 Å². The van der Waals surface area contributed by atoms with Crippen molar-refractivity contribution in [2.24, 2.45) is 5.92 Å². The summed E-state index contributed by atoms with van der Waals surface area (Å²) in [5.74, 6) is 1.03. The summed E-state index contributed by atoms with van der Waals surface area (Å²) in [4.78, 5) is 31.6. The van der Waals surface area contributed by atoms with Crippen LogP contribution in [0.3, 0.4) is 0 Å². The van der Waals surface area contributed by atoms with E-state index in [1.165, 1.54) is 18.4 Å². The molecule has 0 aromatic heterocycles. The van der Waals surface area contributed by atoms with Crippen LogP contribution in [0.1, 0.15) is 37.3 Å². The number of hydrogen-bond donors (Lipinski definition) is 1. The Hall–Kier alpha value is -1.92. The highest BCUT2D eigenvalue weighted by Crippen LogP contribution is 2.29. The third kappa shape index (κ3) is 6.54. The lowest BCUT2D eigenvalue weighted by molar-refractivity contribution is -0.133. The van der Waals surface area contributed by atoms with Crippen LogP contribution >= 0.6 is 0 Å². The van der Waals surface area contributed by atoms with Crippen molar-refractivity contribution in [1.82, 2.24) is 14.7 Å². The van der Waals surface area contributed by atoms with E-state index in [-0.39, 0.29) is 11.8 Å². The first kappa shape index (κ1) is 21.8. The summed E-state index contributed by atoms with van der Waals surface area (Å²) in [7, 11) is 0. The highest BCUT2D eigenvalue weighted by molar-refractivity contribution is 5.93. The van der Waals surface area contributed by atoms with Crippen LogP contribution in [0.2, 0.25) is 0 Å². The van der Waals surface area contributed by atoms with Gasteiger partial charge in [0.15, 0.2) is 0 Å². The van der Waals surface area contributed by atoms with Gasteiger partial charge in [0.1, 0.15) is 0 Å². The summed E-state index contributed by atoms with van der Waals surface area (Å²) in [6.07, 6.45) is 3.56. The minimum absolute atomic E-state index is 0.0294. The maximum atomic E-state index is 12.7. The molecule has 160 valence electrons. The quantitative estimate of drug-likeness (QED) is 0.692. The van der Waals surface area contributed by atoms with E-state index in [0.717, 1.165) is 62.9 Å². The molecule has 2 aliphatic rings. The van der Waals surface area contributed by atoms with Crippen LogP contribution < -0.4 is 5.32 Å². The Morgan fingerprint density at radius 3 is 2.34 bits per heavy atom. The largest absolute Gasteiger partial charge is 0.341 e. The summed E-state index contributed by atoms with van der Waals surface area (Å²) in [5, 5.41) is 3.04. The van der Waals surface area contributed by atoms with Crippen molar-refractivity contribution in [3.8, 4) is 0 Å². The second-order valence-corrected chi connectivity index (χ2v) is 8.63. The molecule has 6 nitrogen and oxygen atoms in total. The molecule has 2 fully saturated rings. The van der Waals surface area contributed by atoms with E-state index in [9.17, 15) is 9.59 Å². The van der Waals surface area contributed by atoms with E-state index in [1.807, 2.05) is 19.1 Å². The van der Waals surface area contributed by atoms with Gasteiger partial charge in [-0.1, -0.05) is 19.1 Å². The lowest BCUT2D eigenvalue weighted by Crippen LogP contribution is -2.51. The zero-order valence-electron chi connectivity index (χ0n) is 18.2. The topological polar surface area (TPSA) is 55.9 Å². The normalized spacial score (nSPS) is 17.9. The lowest BCUT2D eigenvalue weighted by atomic mass is 10.1.